The van der Waals surface area contributed by atoms with Gasteiger partial charge in [-0.25, -0.2) is 4.98 Å². The molecule has 0 spiro atoms. The first-order chi connectivity index (χ1) is 10.8. The van der Waals surface area contributed by atoms with E-state index in [-0.39, 0.29) is 5.88 Å². The van der Waals surface area contributed by atoms with Crippen LogP contribution in [0.5, 0.6) is 0 Å². The van der Waals surface area contributed by atoms with Crippen molar-refractivity contribution >= 4 is 38.9 Å². The molecule has 0 radical (unpaired) electrons. The molecule has 3 N–H and O–H groups in total. The van der Waals surface area contributed by atoms with Crippen molar-refractivity contribution in [2.24, 2.45) is 0 Å². The number of thiazole rings is 1. The second-order valence-corrected chi connectivity index (χ2v) is 5.78. The summed E-state index contributed by atoms with van der Waals surface area (Å²) in [5.74, 6) is 0.834. The van der Waals surface area contributed by atoms with E-state index >= 15 is 0 Å². The Morgan fingerprint density at radius 3 is 2.59 bits per heavy atom. The second kappa shape index (κ2) is 5.16. The van der Waals surface area contributed by atoms with Crippen LogP contribution in [-0.4, -0.2) is 10.1 Å². The fraction of sp³-hybridized carbons (Fsp3) is 0. The average molecular weight is 308 g/mol. The summed E-state index contributed by atoms with van der Waals surface area (Å²) in [5, 5.41) is 8.02. The molecule has 0 atom stereocenters. The molecule has 2 aromatic heterocycles. The van der Waals surface area contributed by atoms with Gasteiger partial charge in [0.25, 0.3) is 0 Å². The van der Waals surface area contributed by atoms with Gasteiger partial charge in [-0.2, -0.15) is 0 Å². The maximum absolute atomic E-state index is 5.95. The minimum atomic E-state index is 0.262. The monoisotopic (exact) mass is 308 g/mol. The third kappa shape index (κ3) is 2.19. The number of nitrogen functional groups attached to an aromatic ring is 1. The molecule has 0 saturated carbocycles. The van der Waals surface area contributed by atoms with Crippen molar-refractivity contribution in [3.63, 3.8) is 0 Å². The van der Waals surface area contributed by atoms with Crippen LogP contribution in [0.15, 0.2) is 59.1 Å². The molecule has 4 rings (SSSR count). The van der Waals surface area contributed by atoms with Gasteiger partial charge in [-0.3, -0.25) is 0 Å². The first kappa shape index (κ1) is 12.8. The molecule has 0 aliphatic carbocycles. The van der Waals surface area contributed by atoms with Gasteiger partial charge in [-0.05, 0) is 24.3 Å². The summed E-state index contributed by atoms with van der Waals surface area (Å²) in [6.45, 7) is 0. The van der Waals surface area contributed by atoms with E-state index in [1.165, 1.54) is 0 Å². The lowest BCUT2D eigenvalue weighted by Gasteiger charge is -2.03. The maximum atomic E-state index is 5.95. The van der Waals surface area contributed by atoms with E-state index < -0.39 is 0 Å². The minimum Gasteiger partial charge on any atom is -0.367 e. The quantitative estimate of drug-likeness (QED) is 0.591. The number of para-hydroxylation sites is 2. The first-order valence-electron chi connectivity index (χ1n) is 6.74. The Hall–Kier alpha value is -2.86. The maximum Gasteiger partial charge on any atom is 0.234 e. The molecule has 5 nitrogen and oxygen atoms in total. The highest BCUT2D eigenvalue weighted by molar-refractivity contribution is 7.21. The van der Waals surface area contributed by atoms with Gasteiger partial charge in [0.1, 0.15) is 10.6 Å². The van der Waals surface area contributed by atoms with E-state index in [2.05, 4.69) is 15.5 Å². The highest BCUT2D eigenvalue weighted by Crippen LogP contribution is 2.39. The zero-order valence-corrected chi connectivity index (χ0v) is 12.3. The molecule has 22 heavy (non-hydrogen) atoms. The fourth-order valence-corrected chi connectivity index (χ4v) is 3.25. The molecule has 0 bridgehead atoms. The molecule has 4 aromatic rings. The number of nitrogens with one attached hydrogen (secondary N) is 1. The van der Waals surface area contributed by atoms with Crippen molar-refractivity contribution in [3.8, 4) is 10.6 Å². The number of fused-ring (bicyclic) bond motifs is 1. The summed E-state index contributed by atoms with van der Waals surface area (Å²) in [6, 6.07) is 17.7. The average Bonchev–Trinajstić information content (AvgIpc) is 3.11. The third-order valence-electron chi connectivity index (χ3n) is 3.26. The topological polar surface area (TPSA) is 77.0 Å². The minimum absolute atomic E-state index is 0.262. The van der Waals surface area contributed by atoms with Crippen molar-refractivity contribution in [1.82, 2.24) is 10.1 Å². The lowest BCUT2D eigenvalue weighted by molar-refractivity contribution is 0.440. The van der Waals surface area contributed by atoms with Crippen LogP contribution < -0.4 is 11.1 Å². The van der Waals surface area contributed by atoms with Crippen LogP contribution in [0.25, 0.3) is 20.8 Å². The summed E-state index contributed by atoms with van der Waals surface area (Å²) in [5.41, 5.74) is 8.50. The normalized spacial score (nSPS) is 10.9. The Balaban J connectivity index is 1.79. The number of benzene rings is 2. The molecular formula is C16H12N4OS. The molecule has 108 valence electrons. The van der Waals surface area contributed by atoms with E-state index in [1.54, 1.807) is 11.3 Å². The van der Waals surface area contributed by atoms with Crippen LogP contribution in [0, 0.1) is 0 Å². The largest absolute Gasteiger partial charge is 0.367 e. The number of nitrogens with two attached hydrogens (primary N) is 1. The Kier molecular flexibility index (Phi) is 3.01. The Labute approximate surface area is 130 Å². The predicted molar refractivity (Wildman–Crippen MR) is 89.3 cm³/mol. The lowest BCUT2D eigenvalue weighted by atomic mass is 10.3. The van der Waals surface area contributed by atoms with Crippen LogP contribution in [0.3, 0.4) is 0 Å². The van der Waals surface area contributed by atoms with Crippen LogP contribution in [0.4, 0.5) is 17.4 Å². The van der Waals surface area contributed by atoms with Gasteiger partial charge >= 0.3 is 0 Å². The summed E-state index contributed by atoms with van der Waals surface area (Å²) in [7, 11) is 0. The Morgan fingerprint density at radius 2 is 1.77 bits per heavy atom. The second-order valence-electron chi connectivity index (χ2n) is 4.75. The van der Waals surface area contributed by atoms with Gasteiger partial charge in [0.15, 0.2) is 5.82 Å². The van der Waals surface area contributed by atoms with Crippen molar-refractivity contribution in [3.05, 3.63) is 54.6 Å². The molecule has 0 unspecified atom stereocenters. The van der Waals surface area contributed by atoms with Crippen molar-refractivity contribution in [1.29, 1.82) is 0 Å². The Morgan fingerprint density at radius 1 is 1.00 bits per heavy atom. The molecule has 0 aliphatic heterocycles. The summed E-state index contributed by atoms with van der Waals surface area (Å²) >= 11 is 1.56. The van der Waals surface area contributed by atoms with Crippen molar-refractivity contribution in [2.75, 3.05) is 11.1 Å². The highest BCUT2D eigenvalue weighted by atomic mass is 32.1. The number of hydrogen-bond acceptors (Lipinski definition) is 6. The molecule has 6 heteroatoms. The highest BCUT2D eigenvalue weighted by Gasteiger charge is 2.19. The molecule has 2 heterocycles. The third-order valence-corrected chi connectivity index (χ3v) is 4.32. The summed E-state index contributed by atoms with van der Waals surface area (Å²) in [6.07, 6.45) is 0. The molecule has 2 aromatic carbocycles. The van der Waals surface area contributed by atoms with Gasteiger partial charge in [0.2, 0.25) is 5.88 Å². The number of hydrogen-bond donors (Lipinski definition) is 2. The van der Waals surface area contributed by atoms with E-state index in [0.29, 0.717) is 11.4 Å². The van der Waals surface area contributed by atoms with Gasteiger partial charge in [-0.15, -0.1) is 11.3 Å². The van der Waals surface area contributed by atoms with Crippen molar-refractivity contribution in [2.45, 2.75) is 0 Å². The SMILES string of the molecule is Nc1onc(Nc2ccccc2)c1-c1nc2ccccc2s1. The number of nitrogens with zero attached hydrogens (tertiary/aromatic N) is 2. The molecule has 0 aliphatic rings. The molecule has 0 amide bonds. The van der Waals surface area contributed by atoms with Crippen LogP contribution >= 0.6 is 11.3 Å². The molecular weight excluding hydrogens is 296 g/mol. The smallest absolute Gasteiger partial charge is 0.234 e. The van der Waals surface area contributed by atoms with E-state index in [1.807, 2.05) is 54.6 Å². The van der Waals surface area contributed by atoms with Crippen molar-refractivity contribution < 1.29 is 4.52 Å². The van der Waals surface area contributed by atoms with Gasteiger partial charge in [0.05, 0.1) is 10.2 Å². The number of rotatable bonds is 3. The summed E-state index contributed by atoms with van der Waals surface area (Å²) in [4.78, 5) is 4.62. The first-order valence-corrected chi connectivity index (χ1v) is 7.56. The van der Waals surface area contributed by atoms with Gasteiger partial charge < -0.3 is 15.6 Å². The lowest BCUT2D eigenvalue weighted by Crippen LogP contribution is -1.93. The van der Waals surface area contributed by atoms with Crippen LogP contribution in [-0.2, 0) is 0 Å². The van der Waals surface area contributed by atoms with Gasteiger partial charge in [-0.1, -0.05) is 35.5 Å². The summed E-state index contributed by atoms with van der Waals surface area (Å²) < 4.78 is 6.25. The Bertz CT molecular complexity index is 897. The van der Waals surface area contributed by atoms with Gasteiger partial charge in [0, 0.05) is 5.69 Å². The molecule has 0 saturated heterocycles. The number of anilines is 3. The fourth-order valence-electron chi connectivity index (χ4n) is 2.23. The zero-order chi connectivity index (χ0) is 14.9. The van der Waals surface area contributed by atoms with Crippen LogP contribution in [0.1, 0.15) is 0 Å². The van der Waals surface area contributed by atoms with E-state index in [0.717, 1.165) is 20.9 Å². The van der Waals surface area contributed by atoms with E-state index in [9.17, 15) is 0 Å². The zero-order valence-electron chi connectivity index (χ0n) is 11.5. The predicted octanol–water partition coefficient (Wildman–Crippen LogP) is 4.28. The van der Waals surface area contributed by atoms with E-state index in [4.69, 9.17) is 10.3 Å². The molecule has 0 fully saturated rings. The number of aromatic nitrogens is 2. The standard InChI is InChI=1S/C16H12N4OS/c17-14-13(16-19-11-8-4-5-9-12(11)22-16)15(20-21-14)18-10-6-2-1-3-7-10/h1-9H,17H2,(H,18,20). The van der Waals surface area contributed by atoms with Crippen LogP contribution in [0.2, 0.25) is 0 Å².